The van der Waals surface area contributed by atoms with Gasteiger partial charge >= 0.3 is 0 Å². The van der Waals surface area contributed by atoms with Crippen molar-refractivity contribution < 1.29 is 4.79 Å². The van der Waals surface area contributed by atoms with E-state index in [9.17, 15) is 4.79 Å². The van der Waals surface area contributed by atoms with Gasteiger partial charge in [0.05, 0.1) is 28.3 Å². The van der Waals surface area contributed by atoms with Crippen LogP contribution in [0.3, 0.4) is 0 Å². The molecule has 5 nitrogen and oxygen atoms in total. The van der Waals surface area contributed by atoms with Crippen LogP contribution >= 0.6 is 15.9 Å². The first kappa shape index (κ1) is 14.6. The highest BCUT2D eigenvalue weighted by Gasteiger charge is 2.14. The monoisotopic (exact) mass is 334 g/mol. The van der Waals surface area contributed by atoms with Gasteiger partial charge in [0.15, 0.2) is 0 Å². The second-order valence-electron chi connectivity index (χ2n) is 4.42. The van der Waals surface area contributed by atoms with Crippen LogP contribution in [0.25, 0.3) is 0 Å². The molecule has 0 fully saturated rings. The molecule has 0 atom stereocenters. The van der Waals surface area contributed by atoms with Crippen LogP contribution in [-0.2, 0) is 6.42 Å². The van der Waals surface area contributed by atoms with E-state index in [2.05, 4.69) is 36.4 Å². The summed E-state index contributed by atoms with van der Waals surface area (Å²) in [7, 11) is 0. The molecule has 0 saturated heterocycles. The minimum absolute atomic E-state index is 0.188. The number of rotatable bonds is 3. The van der Waals surface area contributed by atoms with Crippen molar-refractivity contribution in [1.82, 2.24) is 15.2 Å². The number of hydrogen-bond donors (Lipinski definition) is 1. The third-order valence-corrected chi connectivity index (χ3v) is 3.31. The summed E-state index contributed by atoms with van der Waals surface area (Å²) in [5, 5.41) is 10.9. The van der Waals surface area contributed by atoms with Crippen LogP contribution in [0.1, 0.15) is 34.4 Å². The maximum atomic E-state index is 12.4. The Kier molecular flexibility index (Phi) is 4.44. The first-order valence-corrected chi connectivity index (χ1v) is 7.08. The molecule has 2 rings (SSSR count). The summed E-state index contributed by atoms with van der Waals surface area (Å²) < 4.78 is 0.740. The zero-order chi connectivity index (χ0) is 14.7. The maximum Gasteiger partial charge on any atom is 0.257 e. The number of carbonyl (C=O) groups is 1. The highest BCUT2D eigenvalue weighted by Crippen LogP contribution is 2.18. The first-order valence-electron chi connectivity index (χ1n) is 6.29. The lowest BCUT2D eigenvalue weighted by molar-refractivity contribution is 0.102. The Morgan fingerprint density at radius 2 is 2.05 bits per heavy atom. The molecular formula is C14H15BrN4O. The number of nitrogens with one attached hydrogen (secondary N) is 1. The summed E-state index contributed by atoms with van der Waals surface area (Å²) in [6.45, 7) is 5.61. The van der Waals surface area contributed by atoms with E-state index < -0.39 is 0 Å². The van der Waals surface area contributed by atoms with Crippen molar-refractivity contribution in [3.63, 3.8) is 0 Å². The molecule has 0 radical (unpaired) electrons. The van der Waals surface area contributed by atoms with Gasteiger partial charge in [-0.25, -0.2) is 4.98 Å². The predicted octanol–water partition coefficient (Wildman–Crippen LogP) is 3.07. The maximum absolute atomic E-state index is 12.4. The molecule has 0 aliphatic carbocycles. The summed E-state index contributed by atoms with van der Waals surface area (Å²) in [5.41, 5.74) is 3.41. The molecule has 0 spiro atoms. The first-order chi connectivity index (χ1) is 9.51. The Morgan fingerprint density at radius 3 is 2.70 bits per heavy atom. The van der Waals surface area contributed by atoms with Crippen molar-refractivity contribution in [1.29, 1.82) is 0 Å². The Balaban J connectivity index is 2.30. The van der Waals surface area contributed by atoms with E-state index in [1.54, 1.807) is 12.1 Å². The molecule has 0 saturated carbocycles. The van der Waals surface area contributed by atoms with Crippen molar-refractivity contribution in [3.05, 3.63) is 45.4 Å². The quantitative estimate of drug-likeness (QED) is 0.876. The number of amides is 1. The van der Waals surface area contributed by atoms with Crippen molar-refractivity contribution in [2.24, 2.45) is 0 Å². The van der Waals surface area contributed by atoms with Gasteiger partial charge in [0.25, 0.3) is 5.91 Å². The highest BCUT2D eigenvalue weighted by molar-refractivity contribution is 9.10. The topological polar surface area (TPSA) is 67.8 Å². The van der Waals surface area contributed by atoms with Gasteiger partial charge in [-0.1, -0.05) is 6.92 Å². The molecule has 2 aromatic heterocycles. The highest BCUT2D eigenvalue weighted by atomic mass is 79.9. The Morgan fingerprint density at radius 1 is 1.30 bits per heavy atom. The van der Waals surface area contributed by atoms with Gasteiger partial charge in [-0.05, 0) is 54.4 Å². The van der Waals surface area contributed by atoms with E-state index in [1.165, 1.54) is 0 Å². The zero-order valence-corrected chi connectivity index (χ0v) is 13.2. The Bertz CT molecular complexity index is 658. The fourth-order valence-corrected chi connectivity index (χ4v) is 2.22. The Labute approximate surface area is 126 Å². The number of pyridine rings is 1. The molecule has 20 heavy (non-hydrogen) atoms. The lowest BCUT2D eigenvalue weighted by Gasteiger charge is -2.10. The van der Waals surface area contributed by atoms with E-state index in [0.717, 1.165) is 16.0 Å². The fraction of sp³-hybridized carbons (Fsp3) is 0.286. The summed E-state index contributed by atoms with van der Waals surface area (Å²) in [5.74, 6) is -0.188. The van der Waals surface area contributed by atoms with Crippen LogP contribution in [0.2, 0.25) is 0 Å². The smallest absolute Gasteiger partial charge is 0.257 e. The van der Waals surface area contributed by atoms with Gasteiger partial charge in [-0.2, -0.15) is 10.2 Å². The molecule has 1 amide bonds. The molecule has 104 valence electrons. The lowest BCUT2D eigenvalue weighted by atomic mass is 10.1. The second-order valence-corrected chi connectivity index (χ2v) is 5.23. The van der Waals surface area contributed by atoms with Crippen LogP contribution in [-0.4, -0.2) is 21.1 Å². The molecular weight excluding hydrogens is 320 g/mol. The fourth-order valence-electron chi connectivity index (χ4n) is 1.82. The molecule has 2 aromatic rings. The van der Waals surface area contributed by atoms with Gasteiger partial charge < -0.3 is 5.32 Å². The van der Waals surface area contributed by atoms with Gasteiger partial charge in [0.1, 0.15) is 4.60 Å². The van der Waals surface area contributed by atoms with Crippen molar-refractivity contribution >= 4 is 27.5 Å². The average Bonchev–Trinajstić information content (AvgIpc) is 2.41. The number of anilines is 1. The predicted molar refractivity (Wildman–Crippen MR) is 80.8 cm³/mol. The molecule has 1 N–H and O–H groups in total. The molecule has 2 heterocycles. The molecule has 6 heteroatoms. The summed E-state index contributed by atoms with van der Waals surface area (Å²) in [4.78, 5) is 16.6. The van der Waals surface area contributed by atoms with Gasteiger partial charge in [-0.15, -0.1) is 0 Å². The van der Waals surface area contributed by atoms with E-state index in [-0.39, 0.29) is 5.91 Å². The largest absolute Gasteiger partial charge is 0.320 e. The van der Waals surface area contributed by atoms with Crippen LogP contribution in [0.5, 0.6) is 0 Å². The minimum atomic E-state index is -0.188. The van der Waals surface area contributed by atoms with Crippen molar-refractivity contribution in [3.8, 4) is 0 Å². The lowest BCUT2D eigenvalue weighted by Crippen LogP contribution is -2.17. The van der Waals surface area contributed by atoms with Crippen LogP contribution < -0.4 is 5.32 Å². The van der Waals surface area contributed by atoms with Gasteiger partial charge in [0.2, 0.25) is 0 Å². The second kappa shape index (κ2) is 6.09. The molecule has 0 unspecified atom stereocenters. The van der Waals surface area contributed by atoms with Crippen LogP contribution in [0, 0.1) is 13.8 Å². The SMILES string of the molecule is CCc1nnc(C)cc1C(=O)Nc1ccc(Br)nc1C. The summed E-state index contributed by atoms with van der Waals surface area (Å²) >= 11 is 3.30. The van der Waals surface area contributed by atoms with E-state index >= 15 is 0 Å². The van der Waals surface area contributed by atoms with Crippen LogP contribution in [0.15, 0.2) is 22.8 Å². The van der Waals surface area contributed by atoms with Gasteiger partial charge in [-0.3, -0.25) is 4.79 Å². The number of carbonyl (C=O) groups excluding carboxylic acids is 1. The standard InChI is InChI=1S/C14H15BrN4O/c1-4-11-10(7-8(2)18-19-11)14(20)17-12-5-6-13(15)16-9(12)3/h5-7H,4H2,1-3H3,(H,17,20). The van der Waals surface area contributed by atoms with Gasteiger partial charge in [0, 0.05) is 0 Å². The molecule has 0 aliphatic heterocycles. The van der Waals surface area contributed by atoms with E-state index in [1.807, 2.05) is 26.8 Å². The Hall–Kier alpha value is -1.82. The third kappa shape index (κ3) is 3.19. The van der Waals surface area contributed by atoms with E-state index in [4.69, 9.17) is 0 Å². The van der Waals surface area contributed by atoms with Crippen LogP contribution in [0.4, 0.5) is 5.69 Å². The molecule has 0 bridgehead atoms. The third-order valence-electron chi connectivity index (χ3n) is 2.87. The average molecular weight is 335 g/mol. The zero-order valence-electron chi connectivity index (χ0n) is 11.6. The minimum Gasteiger partial charge on any atom is -0.320 e. The number of hydrogen-bond acceptors (Lipinski definition) is 4. The number of aryl methyl sites for hydroxylation is 3. The van der Waals surface area contributed by atoms with Crippen molar-refractivity contribution in [2.75, 3.05) is 5.32 Å². The number of aromatic nitrogens is 3. The number of halogens is 1. The number of nitrogens with zero attached hydrogens (tertiary/aromatic N) is 3. The van der Waals surface area contributed by atoms with E-state index in [0.29, 0.717) is 23.4 Å². The summed E-state index contributed by atoms with van der Waals surface area (Å²) in [6.07, 6.45) is 0.660. The molecule has 0 aliphatic rings. The molecule has 0 aromatic carbocycles. The summed E-state index contributed by atoms with van der Waals surface area (Å²) in [6, 6.07) is 5.36. The normalized spacial score (nSPS) is 10.4. The van der Waals surface area contributed by atoms with Crippen molar-refractivity contribution in [2.45, 2.75) is 27.2 Å².